The fourth-order valence-corrected chi connectivity index (χ4v) is 2.07. The number of piperidine rings is 1. The van der Waals surface area contributed by atoms with Gasteiger partial charge in [0.05, 0.1) is 5.69 Å². The molecule has 16 heavy (non-hydrogen) atoms. The van der Waals surface area contributed by atoms with Gasteiger partial charge in [-0.3, -0.25) is 0 Å². The van der Waals surface area contributed by atoms with Gasteiger partial charge >= 0.3 is 0 Å². The van der Waals surface area contributed by atoms with Crippen molar-refractivity contribution < 1.29 is 0 Å². The van der Waals surface area contributed by atoms with Crippen LogP contribution in [-0.2, 0) is 6.54 Å². The van der Waals surface area contributed by atoms with Gasteiger partial charge in [0.15, 0.2) is 0 Å². The quantitative estimate of drug-likeness (QED) is 0.836. The molecule has 0 unspecified atom stereocenters. The van der Waals surface area contributed by atoms with Crippen LogP contribution in [0.25, 0.3) is 0 Å². The molecule has 0 amide bonds. The molecule has 0 bridgehead atoms. The van der Waals surface area contributed by atoms with Gasteiger partial charge in [-0.05, 0) is 25.8 Å². The van der Waals surface area contributed by atoms with Crippen LogP contribution >= 0.6 is 0 Å². The van der Waals surface area contributed by atoms with E-state index in [1.54, 1.807) is 6.33 Å². The zero-order valence-electron chi connectivity index (χ0n) is 10.1. The summed E-state index contributed by atoms with van der Waals surface area (Å²) in [6.45, 7) is 5.37. The summed E-state index contributed by atoms with van der Waals surface area (Å²) in [4.78, 5) is 11.0. The molecule has 4 heteroatoms. The van der Waals surface area contributed by atoms with E-state index in [4.69, 9.17) is 0 Å². The second-order valence-electron chi connectivity index (χ2n) is 4.57. The molecule has 2 rings (SSSR count). The number of hydrogen-bond donors (Lipinski definition) is 1. The average molecular weight is 220 g/mol. The first-order valence-corrected chi connectivity index (χ1v) is 6.00. The zero-order chi connectivity index (χ0) is 11.4. The predicted octanol–water partition coefficient (Wildman–Crippen LogP) is 1.43. The normalized spacial score (nSPS) is 17.8. The average Bonchev–Trinajstić information content (AvgIpc) is 2.31. The first kappa shape index (κ1) is 11.3. The largest absolute Gasteiger partial charge is 0.356 e. The molecule has 0 radical (unpaired) electrons. The van der Waals surface area contributed by atoms with Crippen molar-refractivity contribution in [3.05, 3.63) is 18.1 Å². The van der Waals surface area contributed by atoms with E-state index in [9.17, 15) is 0 Å². The molecule has 1 saturated heterocycles. The summed E-state index contributed by atoms with van der Waals surface area (Å²) in [5, 5.41) is 3.11. The van der Waals surface area contributed by atoms with Crippen LogP contribution in [0, 0.1) is 5.92 Å². The van der Waals surface area contributed by atoms with Gasteiger partial charge in [-0.15, -0.1) is 0 Å². The molecule has 0 saturated carbocycles. The van der Waals surface area contributed by atoms with E-state index in [2.05, 4.69) is 33.2 Å². The molecule has 1 aromatic rings. The smallest absolute Gasteiger partial charge is 0.132 e. The lowest BCUT2D eigenvalue weighted by Gasteiger charge is -2.31. The van der Waals surface area contributed by atoms with Crippen LogP contribution in [0.3, 0.4) is 0 Å². The third-order valence-electron chi connectivity index (χ3n) is 3.17. The minimum Gasteiger partial charge on any atom is -0.356 e. The number of anilines is 1. The number of nitrogens with zero attached hydrogens (tertiary/aromatic N) is 3. The first-order valence-electron chi connectivity index (χ1n) is 6.00. The summed E-state index contributed by atoms with van der Waals surface area (Å²) in [6, 6.07) is 2.09. The van der Waals surface area contributed by atoms with Gasteiger partial charge in [0, 0.05) is 25.7 Å². The Hall–Kier alpha value is -1.16. The van der Waals surface area contributed by atoms with Crippen LogP contribution in [0.15, 0.2) is 12.4 Å². The van der Waals surface area contributed by atoms with Crippen molar-refractivity contribution in [2.75, 3.05) is 25.0 Å². The topological polar surface area (TPSA) is 41.0 Å². The van der Waals surface area contributed by atoms with Crippen molar-refractivity contribution in [3.63, 3.8) is 0 Å². The lowest BCUT2D eigenvalue weighted by Crippen LogP contribution is -2.33. The van der Waals surface area contributed by atoms with Gasteiger partial charge < -0.3 is 10.2 Å². The second-order valence-corrected chi connectivity index (χ2v) is 4.57. The number of rotatable bonds is 3. The monoisotopic (exact) mass is 220 g/mol. The molecule has 4 nitrogen and oxygen atoms in total. The molecule has 0 aliphatic carbocycles. The highest BCUT2D eigenvalue weighted by Gasteiger charge is 2.16. The fraction of sp³-hybridized carbons (Fsp3) is 0.667. The van der Waals surface area contributed by atoms with Crippen LogP contribution in [0.1, 0.15) is 25.5 Å². The van der Waals surface area contributed by atoms with E-state index in [-0.39, 0.29) is 0 Å². The van der Waals surface area contributed by atoms with Crippen molar-refractivity contribution in [2.45, 2.75) is 26.3 Å². The maximum absolute atomic E-state index is 4.36. The summed E-state index contributed by atoms with van der Waals surface area (Å²) < 4.78 is 0. The summed E-state index contributed by atoms with van der Waals surface area (Å²) in [5.74, 6) is 1.93. The van der Waals surface area contributed by atoms with E-state index < -0.39 is 0 Å². The lowest BCUT2D eigenvalue weighted by atomic mass is 9.99. The summed E-state index contributed by atoms with van der Waals surface area (Å²) in [5.41, 5.74) is 1.06. The number of nitrogens with one attached hydrogen (secondary N) is 1. The zero-order valence-corrected chi connectivity index (χ0v) is 10.1. The molecular weight excluding hydrogens is 200 g/mol. The molecular formula is C12H20N4. The van der Waals surface area contributed by atoms with Gasteiger partial charge in [-0.2, -0.15) is 0 Å². The Balaban J connectivity index is 2.05. The van der Waals surface area contributed by atoms with E-state index in [0.717, 1.165) is 37.1 Å². The Bertz CT molecular complexity index is 332. The summed E-state index contributed by atoms with van der Waals surface area (Å²) >= 11 is 0. The van der Waals surface area contributed by atoms with Crippen LogP contribution in [0.2, 0.25) is 0 Å². The van der Waals surface area contributed by atoms with Gasteiger partial charge in [-0.25, -0.2) is 9.97 Å². The Morgan fingerprint density at radius 2 is 2.12 bits per heavy atom. The van der Waals surface area contributed by atoms with E-state index in [0.29, 0.717) is 0 Å². The molecule has 0 aromatic carbocycles. The third-order valence-corrected chi connectivity index (χ3v) is 3.17. The Labute approximate surface area is 97.1 Å². The second kappa shape index (κ2) is 5.25. The van der Waals surface area contributed by atoms with Gasteiger partial charge in [0.2, 0.25) is 0 Å². The molecule has 0 spiro atoms. The maximum Gasteiger partial charge on any atom is 0.132 e. The Morgan fingerprint density at radius 1 is 1.38 bits per heavy atom. The van der Waals surface area contributed by atoms with Crippen molar-refractivity contribution in [2.24, 2.45) is 5.92 Å². The van der Waals surface area contributed by atoms with Crippen molar-refractivity contribution in [1.29, 1.82) is 0 Å². The van der Waals surface area contributed by atoms with Crippen LogP contribution < -0.4 is 10.2 Å². The van der Waals surface area contributed by atoms with E-state index in [1.807, 2.05) is 7.05 Å². The third kappa shape index (κ3) is 2.70. The van der Waals surface area contributed by atoms with E-state index >= 15 is 0 Å². The minimum absolute atomic E-state index is 0.805. The number of hydrogen-bond acceptors (Lipinski definition) is 4. The van der Waals surface area contributed by atoms with Crippen molar-refractivity contribution in [1.82, 2.24) is 15.3 Å². The minimum atomic E-state index is 0.805. The van der Waals surface area contributed by atoms with Gasteiger partial charge in [0.1, 0.15) is 12.1 Å². The lowest BCUT2D eigenvalue weighted by molar-refractivity contribution is 0.436. The Kier molecular flexibility index (Phi) is 3.72. The van der Waals surface area contributed by atoms with Crippen LogP contribution in [0.5, 0.6) is 0 Å². The molecule has 1 aliphatic rings. The number of aromatic nitrogens is 2. The highest BCUT2D eigenvalue weighted by Crippen LogP contribution is 2.21. The first-order chi connectivity index (χ1) is 7.79. The van der Waals surface area contributed by atoms with Crippen molar-refractivity contribution in [3.8, 4) is 0 Å². The van der Waals surface area contributed by atoms with E-state index in [1.165, 1.54) is 12.8 Å². The van der Waals surface area contributed by atoms with Gasteiger partial charge in [0.25, 0.3) is 0 Å². The summed E-state index contributed by atoms with van der Waals surface area (Å²) in [6.07, 6.45) is 4.21. The fourth-order valence-electron chi connectivity index (χ4n) is 2.07. The predicted molar refractivity (Wildman–Crippen MR) is 65.4 cm³/mol. The molecule has 1 fully saturated rings. The Morgan fingerprint density at radius 3 is 2.81 bits per heavy atom. The highest BCUT2D eigenvalue weighted by atomic mass is 15.2. The molecule has 1 aromatic heterocycles. The standard InChI is InChI=1S/C12H20N4/c1-10-3-5-16(6-4-10)12-7-11(8-13-2)14-9-15-12/h7,9-10,13H,3-6,8H2,1-2H3. The van der Waals surface area contributed by atoms with Crippen molar-refractivity contribution >= 4 is 5.82 Å². The van der Waals surface area contributed by atoms with Crippen LogP contribution in [0.4, 0.5) is 5.82 Å². The van der Waals surface area contributed by atoms with Gasteiger partial charge in [-0.1, -0.05) is 6.92 Å². The molecule has 1 N–H and O–H groups in total. The highest BCUT2D eigenvalue weighted by molar-refractivity contribution is 5.39. The van der Waals surface area contributed by atoms with Crippen LogP contribution in [-0.4, -0.2) is 30.1 Å². The maximum atomic E-state index is 4.36. The molecule has 0 atom stereocenters. The molecule has 1 aliphatic heterocycles. The SMILES string of the molecule is CNCc1cc(N2CCC(C)CC2)ncn1. The molecule has 88 valence electrons. The molecule has 2 heterocycles. The summed E-state index contributed by atoms with van der Waals surface area (Å²) in [7, 11) is 1.93.